The molecular formula is C11H15FN2O2S. The maximum Gasteiger partial charge on any atom is 0.337 e. The number of hydrogen-bond donors (Lipinski definition) is 2. The van der Waals surface area contributed by atoms with Gasteiger partial charge < -0.3 is 15.7 Å². The highest BCUT2D eigenvalue weighted by atomic mass is 32.2. The smallest absolute Gasteiger partial charge is 0.337 e. The summed E-state index contributed by atoms with van der Waals surface area (Å²) < 4.78 is 13.5. The molecule has 0 amide bonds. The van der Waals surface area contributed by atoms with Crippen LogP contribution >= 0.6 is 11.8 Å². The molecule has 94 valence electrons. The van der Waals surface area contributed by atoms with Crippen molar-refractivity contribution in [3.63, 3.8) is 0 Å². The molecule has 0 radical (unpaired) electrons. The molecule has 17 heavy (non-hydrogen) atoms. The molecule has 0 aliphatic carbocycles. The topological polar surface area (TPSA) is 66.6 Å². The number of carboxylic acid groups (broad SMARTS) is 1. The molecular weight excluding hydrogens is 243 g/mol. The minimum Gasteiger partial charge on any atom is -0.478 e. The second-order valence-electron chi connectivity index (χ2n) is 3.83. The van der Waals surface area contributed by atoms with Crippen molar-refractivity contribution in [1.82, 2.24) is 4.90 Å². The molecule has 0 aromatic heterocycles. The van der Waals surface area contributed by atoms with E-state index >= 15 is 0 Å². The lowest BCUT2D eigenvalue weighted by Crippen LogP contribution is -2.14. The van der Waals surface area contributed by atoms with Gasteiger partial charge in [0.05, 0.1) is 5.56 Å². The third-order valence-electron chi connectivity index (χ3n) is 2.13. The summed E-state index contributed by atoms with van der Waals surface area (Å²) >= 11 is 1.28. The highest BCUT2D eigenvalue weighted by molar-refractivity contribution is 7.99. The van der Waals surface area contributed by atoms with Gasteiger partial charge in [-0.1, -0.05) is 0 Å². The van der Waals surface area contributed by atoms with Crippen LogP contribution in [0.1, 0.15) is 10.4 Å². The normalized spacial score (nSPS) is 10.8. The van der Waals surface area contributed by atoms with Gasteiger partial charge in [0.2, 0.25) is 0 Å². The van der Waals surface area contributed by atoms with Crippen LogP contribution in [-0.2, 0) is 0 Å². The molecule has 0 spiro atoms. The third kappa shape index (κ3) is 3.90. The Morgan fingerprint density at radius 2 is 2.18 bits per heavy atom. The van der Waals surface area contributed by atoms with Crippen LogP contribution in [0.4, 0.5) is 10.1 Å². The fourth-order valence-corrected chi connectivity index (χ4v) is 2.28. The summed E-state index contributed by atoms with van der Waals surface area (Å²) in [5.74, 6) is -0.930. The van der Waals surface area contributed by atoms with E-state index in [1.807, 2.05) is 19.0 Å². The number of halogens is 1. The molecule has 0 fully saturated rings. The van der Waals surface area contributed by atoms with Crippen LogP contribution in [0.25, 0.3) is 0 Å². The standard InChI is InChI=1S/C11H15FN2O2S/c1-14(2)3-4-17-10-5-7(11(15)16)9(13)6-8(10)12/h5-6H,3-4,13H2,1-2H3,(H,15,16). The van der Waals surface area contributed by atoms with Crippen molar-refractivity contribution in [1.29, 1.82) is 0 Å². The van der Waals surface area contributed by atoms with Crippen LogP contribution in [0, 0.1) is 5.82 Å². The number of nitrogens with two attached hydrogens (primary N) is 1. The predicted molar refractivity (Wildman–Crippen MR) is 67.0 cm³/mol. The Morgan fingerprint density at radius 1 is 1.53 bits per heavy atom. The first-order valence-electron chi connectivity index (χ1n) is 5.01. The average Bonchev–Trinajstić information content (AvgIpc) is 2.20. The van der Waals surface area contributed by atoms with Gasteiger partial charge in [-0.05, 0) is 26.2 Å². The van der Waals surface area contributed by atoms with E-state index in [1.54, 1.807) is 0 Å². The van der Waals surface area contributed by atoms with Crippen LogP contribution < -0.4 is 5.73 Å². The third-order valence-corrected chi connectivity index (χ3v) is 3.14. The lowest BCUT2D eigenvalue weighted by Gasteiger charge is -2.10. The van der Waals surface area contributed by atoms with Crippen LogP contribution in [-0.4, -0.2) is 42.4 Å². The first-order chi connectivity index (χ1) is 7.91. The van der Waals surface area contributed by atoms with Crippen LogP contribution in [0.5, 0.6) is 0 Å². The molecule has 0 atom stereocenters. The number of aromatic carboxylic acids is 1. The van der Waals surface area contributed by atoms with Crippen LogP contribution in [0.3, 0.4) is 0 Å². The van der Waals surface area contributed by atoms with E-state index in [1.165, 1.54) is 17.8 Å². The summed E-state index contributed by atoms with van der Waals surface area (Å²) in [7, 11) is 3.84. The monoisotopic (exact) mass is 258 g/mol. The molecule has 4 nitrogen and oxygen atoms in total. The first-order valence-corrected chi connectivity index (χ1v) is 6.00. The number of rotatable bonds is 5. The minimum absolute atomic E-state index is 0.0491. The van der Waals surface area contributed by atoms with E-state index in [0.29, 0.717) is 10.6 Å². The van der Waals surface area contributed by atoms with Gasteiger partial charge >= 0.3 is 5.97 Å². The zero-order valence-electron chi connectivity index (χ0n) is 9.74. The van der Waals surface area contributed by atoms with Gasteiger partial charge in [0.25, 0.3) is 0 Å². The van der Waals surface area contributed by atoms with Crippen molar-refractivity contribution in [3.05, 3.63) is 23.5 Å². The van der Waals surface area contributed by atoms with E-state index in [0.717, 1.165) is 12.6 Å². The number of nitrogen functional groups attached to an aromatic ring is 1. The molecule has 1 aromatic rings. The number of carboxylic acids is 1. The summed E-state index contributed by atoms with van der Waals surface area (Å²) in [6.45, 7) is 0.789. The molecule has 0 saturated heterocycles. The first kappa shape index (κ1) is 13.8. The number of anilines is 1. The Kier molecular flexibility index (Phi) is 4.77. The number of nitrogens with zero attached hydrogens (tertiary/aromatic N) is 1. The van der Waals surface area contributed by atoms with Crippen molar-refractivity contribution in [3.8, 4) is 0 Å². The number of hydrogen-bond acceptors (Lipinski definition) is 4. The van der Waals surface area contributed by atoms with E-state index in [4.69, 9.17) is 10.8 Å². The molecule has 1 rings (SSSR count). The molecule has 0 aliphatic rings. The predicted octanol–water partition coefficient (Wildman–Crippen LogP) is 1.76. The summed E-state index contributed by atoms with van der Waals surface area (Å²) in [6, 6.07) is 2.34. The van der Waals surface area contributed by atoms with E-state index in [2.05, 4.69) is 0 Å². The Hall–Kier alpha value is -1.27. The van der Waals surface area contributed by atoms with E-state index in [9.17, 15) is 9.18 Å². The summed E-state index contributed by atoms with van der Waals surface area (Å²) in [4.78, 5) is 13.1. The van der Waals surface area contributed by atoms with Gasteiger partial charge in [0.1, 0.15) is 5.82 Å². The van der Waals surface area contributed by atoms with Gasteiger partial charge in [0.15, 0.2) is 0 Å². The number of thioether (sulfide) groups is 1. The molecule has 0 aliphatic heterocycles. The van der Waals surface area contributed by atoms with Crippen LogP contribution in [0.15, 0.2) is 17.0 Å². The minimum atomic E-state index is -1.14. The van der Waals surface area contributed by atoms with Crippen molar-refractivity contribution in [2.75, 3.05) is 32.1 Å². The van der Waals surface area contributed by atoms with Crippen LogP contribution in [0.2, 0.25) is 0 Å². The van der Waals surface area contributed by atoms with Gasteiger partial charge in [-0.15, -0.1) is 11.8 Å². The lowest BCUT2D eigenvalue weighted by molar-refractivity contribution is 0.0697. The van der Waals surface area contributed by atoms with E-state index < -0.39 is 11.8 Å². The number of carbonyl (C=O) groups is 1. The largest absolute Gasteiger partial charge is 0.478 e. The molecule has 1 aromatic carbocycles. The zero-order valence-corrected chi connectivity index (χ0v) is 10.6. The average molecular weight is 258 g/mol. The summed E-state index contributed by atoms with van der Waals surface area (Å²) in [5.41, 5.74) is 5.32. The Labute approximate surface area is 104 Å². The summed E-state index contributed by atoms with van der Waals surface area (Å²) in [5, 5.41) is 8.87. The van der Waals surface area contributed by atoms with Crippen molar-refractivity contribution in [2.45, 2.75) is 4.90 Å². The molecule has 6 heteroatoms. The Morgan fingerprint density at radius 3 is 2.71 bits per heavy atom. The second-order valence-corrected chi connectivity index (χ2v) is 4.96. The van der Waals surface area contributed by atoms with Crippen molar-refractivity contribution < 1.29 is 14.3 Å². The van der Waals surface area contributed by atoms with Crippen molar-refractivity contribution in [2.24, 2.45) is 0 Å². The van der Waals surface area contributed by atoms with Gasteiger partial charge in [0, 0.05) is 22.9 Å². The van der Waals surface area contributed by atoms with Crippen molar-refractivity contribution >= 4 is 23.4 Å². The Bertz CT molecular complexity index is 424. The maximum absolute atomic E-state index is 13.5. The van der Waals surface area contributed by atoms with E-state index in [-0.39, 0.29) is 11.3 Å². The maximum atomic E-state index is 13.5. The lowest BCUT2D eigenvalue weighted by atomic mass is 10.2. The molecule has 3 N–H and O–H groups in total. The fourth-order valence-electron chi connectivity index (χ4n) is 1.20. The number of benzene rings is 1. The zero-order chi connectivity index (χ0) is 13.0. The second kappa shape index (κ2) is 5.88. The van der Waals surface area contributed by atoms with Gasteiger partial charge in [-0.3, -0.25) is 0 Å². The summed E-state index contributed by atoms with van der Waals surface area (Å²) in [6.07, 6.45) is 0. The highest BCUT2D eigenvalue weighted by Crippen LogP contribution is 2.26. The highest BCUT2D eigenvalue weighted by Gasteiger charge is 2.13. The van der Waals surface area contributed by atoms with Gasteiger partial charge in [-0.2, -0.15) is 0 Å². The molecule has 0 saturated carbocycles. The molecule has 0 bridgehead atoms. The Balaban J connectivity index is 2.84. The molecule has 0 unspecified atom stereocenters. The molecule has 0 heterocycles. The SMILES string of the molecule is CN(C)CCSc1cc(C(=O)O)c(N)cc1F. The fraction of sp³-hybridized carbons (Fsp3) is 0.364. The van der Waals surface area contributed by atoms with Gasteiger partial charge in [-0.25, -0.2) is 9.18 Å². The quantitative estimate of drug-likeness (QED) is 0.622.